The molecule has 3 aliphatic rings. The molecule has 43 heavy (non-hydrogen) atoms. The third-order valence-corrected chi connectivity index (χ3v) is 9.38. The van der Waals surface area contributed by atoms with E-state index in [4.69, 9.17) is 20.9 Å². The normalized spacial score (nSPS) is 22.7. The topological polar surface area (TPSA) is 161 Å². The fourth-order valence-corrected chi connectivity index (χ4v) is 7.12. The molecule has 1 aliphatic carbocycles. The number of phenolic OH excluding ortho intramolecular Hbond substituents is 1. The maximum absolute atomic E-state index is 12.9. The molecule has 4 rings (SSSR count). The number of phenols is 1. The van der Waals surface area contributed by atoms with Crippen molar-refractivity contribution in [2.75, 3.05) is 13.1 Å². The van der Waals surface area contributed by atoms with Crippen LogP contribution in [0.5, 0.6) is 11.5 Å². The van der Waals surface area contributed by atoms with E-state index in [-0.39, 0.29) is 35.6 Å². The highest BCUT2D eigenvalue weighted by Gasteiger charge is 2.36. The molecule has 5 atom stereocenters. The van der Waals surface area contributed by atoms with Crippen LogP contribution < -0.4 is 16.2 Å². The first-order chi connectivity index (χ1) is 20.6. The number of ether oxygens (including phenoxy) is 2. The first kappa shape index (κ1) is 32.9. The first-order valence-corrected chi connectivity index (χ1v) is 16.4. The van der Waals surface area contributed by atoms with Gasteiger partial charge in [0.05, 0.1) is 6.10 Å². The largest absolute Gasteiger partial charge is 0.504 e. The third kappa shape index (κ3) is 9.24. The maximum Gasteiger partial charge on any atom is 0.302 e. The van der Waals surface area contributed by atoms with Gasteiger partial charge in [-0.1, -0.05) is 26.2 Å². The van der Waals surface area contributed by atoms with Gasteiger partial charge in [-0.25, -0.2) is 0 Å². The number of hydrogen-bond donors (Lipinski definition) is 4. The van der Waals surface area contributed by atoms with Gasteiger partial charge in [-0.05, 0) is 81.3 Å². The second-order valence-corrected chi connectivity index (χ2v) is 12.8. The summed E-state index contributed by atoms with van der Waals surface area (Å²) in [5, 5.41) is 22.2. The highest BCUT2D eigenvalue weighted by atomic mass is 16.5. The summed E-state index contributed by atoms with van der Waals surface area (Å²) in [6.07, 6.45) is 10.8. The predicted octanol–water partition coefficient (Wildman–Crippen LogP) is 4.09. The Labute approximate surface area is 256 Å². The number of amides is 1. The fourth-order valence-electron chi connectivity index (χ4n) is 7.12. The Morgan fingerprint density at radius 3 is 2.77 bits per heavy atom. The number of nitrogens with zero attached hydrogens (tertiary/aromatic N) is 2. The molecule has 0 spiro atoms. The number of likely N-dealkylation sites (tertiary alicyclic amines) is 1. The summed E-state index contributed by atoms with van der Waals surface area (Å²) in [6, 6.07) is 2.02. The number of esters is 1. The molecule has 1 saturated carbocycles. The van der Waals surface area contributed by atoms with Gasteiger partial charge < -0.3 is 36.1 Å². The molecule has 10 heteroatoms. The van der Waals surface area contributed by atoms with Gasteiger partial charge in [0, 0.05) is 50.5 Å². The summed E-state index contributed by atoms with van der Waals surface area (Å²) in [4.78, 5) is 30.7. The number of aliphatic hydroxyl groups excluding tert-OH is 1. The van der Waals surface area contributed by atoms with E-state index in [9.17, 15) is 19.8 Å². The van der Waals surface area contributed by atoms with Gasteiger partial charge in [0.2, 0.25) is 5.91 Å². The summed E-state index contributed by atoms with van der Waals surface area (Å²) in [5.74, 6) is 1.06. The van der Waals surface area contributed by atoms with Gasteiger partial charge >= 0.3 is 5.97 Å². The van der Waals surface area contributed by atoms with Crippen molar-refractivity contribution in [2.45, 2.75) is 129 Å². The number of carbonyl (C=O) groups excluding carboxylic acids is 2. The molecule has 2 fully saturated rings. The van der Waals surface area contributed by atoms with Gasteiger partial charge in [0.15, 0.2) is 17.5 Å². The number of fused-ring (bicyclic) bond motifs is 2. The van der Waals surface area contributed by atoms with Crippen LogP contribution in [0.2, 0.25) is 0 Å². The lowest BCUT2D eigenvalue weighted by Crippen LogP contribution is -2.26. The predicted molar refractivity (Wildman–Crippen MR) is 166 cm³/mol. The Morgan fingerprint density at radius 1 is 1.21 bits per heavy atom. The van der Waals surface area contributed by atoms with E-state index in [2.05, 4.69) is 11.9 Å². The number of aliphatic hydroxyl groups is 1. The summed E-state index contributed by atoms with van der Waals surface area (Å²) in [7, 11) is 0. The molecule has 2 aliphatic heterocycles. The number of carbonyl (C=O) groups is 2. The average molecular weight is 601 g/mol. The Kier molecular flexibility index (Phi) is 12.0. The van der Waals surface area contributed by atoms with Crippen LogP contribution in [0.25, 0.3) is 0 Å². The van der Waals surface area contributed by atoms with Crippen LogP contribution in [0, 0.1) is 11.8 Å². The summed E-state index contributed by atoms with van der Waals surface area (Å²) in [6.45, 7) is 4.90. The minimum absolute atomic E-state index is 0.0503. The van der Waals surface area contributed by atoms with Gasteiger partial charge in [-0.15, -0.1) is 0 Å². The number of unbranched alkanes of at least 4 members (excludes halogenated alkanes) is 2. The molecular formula is C33H52N4O6. The van der Waals surface area contributed by atoms with Crippen molar-refractivity contribution >= 4 is 17.8 Å². The smallest absolute Gasteiger partial charge is 0.302 e. The number of rotatable bonds is 15. The first-order valence-electron chi connectivity index (χ1n) is 16.4. The van der Waals surface area contributed by atoms with Crippen molar-refractivity contribution in [1.29, 1.82) is 0 Å². The quantitative estimate of drug-likeness (QED) is 0.101. The van der Waals surface area contributed by atoms with E-state index in [0.29, 0.717) is 69.0 Å². The molecule has 6 N–H and O–H groups in total. The van der Waals surface area contributed by atoms with E-state index < -0.39 is 12.2 Å². The standard InChI is InChI=1S/C33H52N4O6/c1-3-4-5-8-26(39)18-27(42-21(2)38)12-10-24-17-25(20-37-19-22(16-30(37)40)14-15-36-33(34)35)31(41)32-28(24)13-11-23-7-6-9-29(23)43-32/h17,22-23,26-27,29,39,41H,3-16,18-20H2,1-2H3,(H4,34,35,36). The van der Waals surface area contributed by atoms with E-state index in [1.54, 1.807) is 4.90 Å². The zero-order valence-electron chi connectivity index (χ0n) is 26.1. The number of aliphatic imine (C=N–C) groups is 1. The Morgan fingerprint density at radius 2 is 2.02 bits per heavy atom. The zero-order valence-corrected chi connectivity index (χ0v) is 26.1. The molecule has 0 bridgehead atoms. The molecule has 0 aromatic heterocycles. The lowest BCUT2D eigenvalue weighted by molar-refractivity contribution is -0.148. The van der Waals surface area contributed by atoms with Gasteiger partial charge in [-0.2, -0.15) is 0 Å². The summed E-state index contributed by atoms with van der Waals surface area (Å²) < 4.78 is 12.2. The highest BCUT2D eigenvalue weighted by molar-refractivity contribution is 5.79. The van der Waals surface area contributed by atoms with Crippen molar-refractivity contribution < 1.29 is 29.3 Å². The number of hydrogen-bond acceptors (Lipinski definition) is 7. The lowest BCUT2D eigenvalue weighted by Gasteiger charge is -2.24. The number of benzene rings is 1. The van der Waals surface area contributed by atoms with Crippen LogP contribution in [0.4, 0.5) is 0 Å². The third-order valence-electron chi connectivity index (χ3n) is 9.38. The lowest BCUT2D eigenvalue weighted by atomic mass is 9.90. The second kappa shape index (κ2) is 15.6. The van der Waals surface area contributed by atoms with Gasteiger partial charge in [0.1, 0.15) is 12.2 Å². The van der Waals surface area contributed by atoms with Crippen LogP contribution in [-0.2, 0) is 33.7 Å². The van der Waals surface area contributed by atoms with Crippen LogP contribution in [0.3, 0.4) is 0 Å². The van der Waals surface area contributed by atoms with Gasteiger partial charge in [0.25, 0.3) is 0 Å². The molecule has 10 nitrogen and oxygen atoms in total. The van der Waals surface area contributed by atoms with Crippen LogP contribution in [-0.4, -0.2) is 64.4 Å². The Hall–Kier alpha value is -3.01. The van der Waals surface area contributed by atoms with Crippen molar-refractivity contribution in [3.8, 4) is 11.5 Å². The summed E-state index contributed by atoms with van der Waals surface area (Å²) >= 11 is 0. The molecular weight excluding hydrogens is 548 g/mol. The molecule has 1 amide bonds. The minimum atomic E-state index is -0.521. The molecule has 240 valence electrons. The number of aryl methyl sites for hydroxylation is 1. The van der Waals surface area contributed by atoms with Gasteiger partial charge in [-0.3, -0.25) is 14.6 Å². The molecule has 1 saturated heterocycles. The van der Waals surface area contributed by atoms with Crippen LogP contribution >= 0.6 is 0 Å². The highest BCUT2D eigenvalue weighted by Crippen LogP contribution is 2.45. The molecule has 5 unspecified atom stereocenters. The van der Waals surface area contributed by atoms with Crippen molar-refractivity contribution in [3.63, 3.8) is 0 Å². The molecule has 2 heterocycles. The average Bonchev–Trinajstić information content (AvgIpc) is 3.48. The SMILES string of the molecule is CCCCCC(O)CC(CCc1cc(CN2CC(CCN=C(N)N)CC2=O)c(O)c2c1CCC1CCCC1O2)OC(C)=O. The minimum Gasteiger partial charge on any atom is -0.504 e. The van der Waals surface area contributed by atoms with Crippen molar-refractivity contribution in [2.24, 2.45) is 28.3 Å². The Balaban J connectivity index is 1.54. The van der Waals surface area contributed by atoms with Crippen LogP contribution in [0.1, 0.15) is 108 Å². The zero-order chi connectivity index (χ0) is 30.9. The van der Waals surface area contributed by atoms with E-state index >= 15 is 0 Å². The second-order valence-electron chi connectivity index (χ2n) is 12.8. The van der Waals surface area contributed by atoms with Crippen molar-refractivity contribution in [3.05, 3.63) is 22.8 Å². The van der Waals surface area contributed by atoms with E-state index in [1.807, 2.05) is 6.07 Å². The number of nitrogens with two attached hydrogens (primary N) is 2. The molecule has 0 radical (unpaired) electrons. The number of aromatic hydroxyl groups is 1. The maximum atomic E-state index is 12.9. The molecule has 1 aromatic rings. The Bertz CT molecular complexity index is 1140. The summed E-state index contributed by atoms with van der Waals surface area (Å²) in [5.41, 5.74) is 13.6. The molecule has 1 aromatic carbocycles. The van der Waals surface area contributed by atoms with E-state index in [0.717, 1.165) is 68.9 Å². The van der Waals surface area contributed by atoms with Crippen molar-refractivity contribution in [1.82, 2.24) is 4.90 Å². The number of guanidine groups is 1. The monoisotopic (exact) mass is 600 g/mol. The van der Waals surface area contributed by atoms with E-state index in [1.165, 1.54) is 6.92 Å². The fraction of sp³-hybridized carbons (Fsp3) is 0.727. The van der Waals surface area contributed by atoms with Crippen LogP contribution in [0.15, 0.2) is 11.1 Å².